The molecule has 0 bridgehead atoms. The molecule has 1 aromatic carbocycles. The highest BCUT2D eigenvalue weighted by atomic mass is 79.9. The summed E-state index contributed by atoms with van der Waals surface area (Å²) >= 11 is 3.15. The molecule has 7 heteroatoms. The summed E-state index contributed by atoms with van der Waals surface area (Å²) in [7, 11) is 0. The third kappa shape index (κ3) is 2.66. The number of carbonyl (C=O) groups is 2. The Hall–Kier alpha value is -1.37. The number of hydrogen-bond acceptors (Lipinski definition) is 3. The van der Waals surface area contributed by atoms with Gasteiger partial charge in [0.2, 0.25) is 5.41 Å². The summed E-state index contributed by atoms with van der Waals surface area (Å²) in [5.74, 6) is -2.80. The first-order valence-electron chi connectivity index (χ1n) is 6.52. The van der Waals surface area contributed by atoms with Crippen LogP contribution in [0, 0.1) is 5.41 Å². The van der Waals surface area contributed by atoms with Gasteiger partial charge in [0.15, 0.2) is 5.78 Å². The smallest absolute Gasteiger partial charge is 0.412 e. The number of carbonyl (C=O) groups excluding carboxylic acids is 2. The molecule has 0 unspecified atom stereocenters. The molecule has 1 aliphatic carbocycles. The monoisotopic (exact) mass is 378 g/mol. The van der Waals surface area contributed by atoms with E-state index in [0.717, 1.165) is 0 Å². The lowest BCUT2D eigenvalue weighted by Gasteiger charge is -2.31. The maximum absolute atomic E-state index is 13.6. The number of ether oxygens (including phenoxy) is 1. The van der Waals surface area contributed by atoms with Gasteiger partial charge in [-0.1, -0.05) is 15.9 Å². The van der Waals surface area contributed by atoms with E-state index in [9.17, 15) is 22.8 Å². The largest absolute Gasteiger partial charge is 0.459 e. The Morgan fingerprint density at radius 1 is 1.27 bits per heavy atom. The first-order valence-corrected chi connectivity index (χ1v) is 7.31. The van der Waals surface area contributed by atoms with Gasteiger partial charge in [0.1, 0.15) is 5.60 Å². The second kappa shape index (κ2) is 5.08. The highest BCUT2D eigenvalue weighted by Crippen LogP contribution is 2.50. The summed E-state index contributed by atoms with van der Waals surface area (Å²) in [4.78, 5) is 24.6. The van der Waals surface area contributed by atoms with Crippen molar-refractivity contribution in [2.75, 3.05) is 0 Å². The molecule has 0 fully saturated rings. The van der Waals surface area contributed by atoms with Crippen LogP contribution in [0.25, 0.3) is 0 Å². The first-order chi connectivity index (χ1) is 9.88. The van der Waals surface area contributed by atoms with E-state index in [2.05, 4.69) is 15.9 Å². The summed E-state index contributed by atoms with van der Waals surface area (Å²) in [6, 6.07) is 4.18. The van der Waals surface area contributed by atoms with Crippen LogP contribution < -0.4 is 0 Å². The highest BCUT2D eigenvalue weighted by Gasteiger charge is 2.69. The third-order valence-corrected chi connectivity index (χ3v) is 3.88. The molecule has 0 saturated heterocycles. The van der Waals surface area contributed by atoms with Gasteiger partial charge in [-0.2, -0.15) is 13.2 Å². The lowest BCUT2D eigenvalue weighted by atomic mass is 9.82. The summed E-state index contributed by atoms with van der Waals surface area (Å²) in [5, 5.41) is 0. The van der Waals surface area contributed by atoms with Crippen molar-refractivity contribution in [2.24, 2.45) is 5.41 Å². The Balaban J connectivity index is 2.56. The van der Waals surface area contributed by atoms with Gasteiger partial charge in [0.05, 0.1) is 0 Å². The Kier molecular flexibility index (Phi) is 3.92. The van der Waals surface area contributed by atoms with E-state index in [1.54, 1.807) is 0 Å². The fourth-order valence-corrected chi connectivity index (χ4v) is 2.81. The minimum atomic E-state index is -5.03. The molecular formula is C15H14BrF3O3. The van der Waals surface area contributed by atoms with Crippen LogP contribution in [0.2, 0.25) is 0 Å². The van der Waals surface area contributed by atoms with Crippen LogP contribution in [-0.2, 0) is 16.0 Å². The SMILES string of the molecule is CC(C)(C)OC(=O)[C@@]1(C(F)(F)F)Cc2cc(Br)ccc2C1=O. The Labute approximate surface area is 134 Å². The van der Waals surface area contributed by atoms with Crippen LogP contribution in [0.3, 0.4) is 0 Å². The van der Waals surface area contributed by atoms with Gasteiger partial charge in [-0.05, 0) is 44.5 Å². The lowest BCUT2D eigenvalue weighted by Crippen LogP contribution is -2.52. The normalized spacial score (nSPS) is 21.7. The van der Waals surface area contributed by atoms with Crippen molar-refractivity contribution in [3.63, 3.8) is 0 Å². The highest BCUT2D eigenvalue weighted by molar-refractivity contribution is 9.10. The number of halogens is 4. The maximum Gasteiger partial charge on any atom is 0.412 e. The van der Waals surface area contributed by atoms with Crippen LogP contribution >= 0.6 is 15.9 Å². The van der Waals surface area contributed by atoms with Crippen molar-refractivity contribution in [1.82, 2.24) is 0 Å². The number of alkyl halides is 3. The van der Waals surface area contributed by atoms with Crippen molar-refractivity contribution in [3.05, 3.63) is 33.8 Å². The molecule has 0 aliphatic heterocycles. The van der Waals surface area contributed by atoms with Crippen LogP contribution in [0.1, 0.15) is 36.7 Å². The molecule has 1 atom stereocenters. The molecule has 0 spiro atoms. The van der Waals surface area contributed by atoms with Gasteiger partial charge in [-0.3, -0.25) is 9.59 Å². The zero-order chi connectivity index (χ0) is 16.9. The Morgan fingerprint density at radius 3 is 2.36 bits per heavy atom. The summed E-state index contributed by atoms with van der Waals surface area (Å²) in [5.41, 5.74) is -4.19. The van der Waals surface area contributed by atoms with Gasteiger partial charge in [0, 0.05) is 16.5 Å². The molecule has 0 aromatic heterocycles. The number of ketones is 1. The molecule has 120 valence electrons. The van der Waals surface area contributed by atoms with E-state index in [-0.39, 0.29) is 11.1 Å². The lowest BCUT2D eigenvalue weighted by molar-refractivity contribution is -0.223. The molecule has 2 rings (SSSR count). The van der Waals surface area contributed by atoms with E-state index in [1.165, 1.54) is 39.0 Å². The predicted octanol–water partition coefficient (Wildman–Crippen LogP) is 4.08. The summed E-state index contributed by atoms with van der Waals surface area (Å²) < 4.78 is 46.3. The van der Waals surface area contributed by atoms with Gasteiger partial charge < -0.3 is 4.74 Å². The van der Waals surface area contributed by atoms with E-state index in [4.69, 9.17) is 4.74 Å². The second-order valence-electron chi connectivity index (χ2n) is 6.21. The maximum atomic E-state index is 13.6. The summed E-state index contributed by atoms with van der Waals surface area (Å²) in [6.45, 7) is 4.37. The van der Waals surface area contributed by atoms with Crippen molar-refractivity contribution >= 4 is 27.7 Å². The zero-order valence-electron chi connectivity index (χ0n) is 12.2. The van der Waals surface area contributed by atoms with E-state index < -0.39 is 35.4 Å². The molecule has 0 amide bonds. The summed E-state index contributed by atoms with van der Waals surface area (Å²) in [6.07, 6.45) is -5.77. The van der Waals surface area contributed by atoms with Gasteiger partial charge in [-0.15, -0.1) is 0 Å². The van der Waals surface area contributed by atoms with Crippen LogP contribution in [0.5, 0.6) is 0 Å². The fraction of sp³-hybridized carbons (Fsp3) is 0.467. The minimum Gasteiger partial charge on any atom is -0.459 e. The van der Waals surface area contributed by atoms with Gasteiger partial charge in [-0.25, -0.2) is 0 Å². The van der Waals surface area contributed by atoms with Crippen molar-refractivity contribution in [1.29, 1.82) is 0 Å². The molecule has 1 aromatic rings. The molecule has 1 aliphatic rings. The fourth-order valence-electron chi connectivity index (χ4n) is 2.40. The van der Waals surface area contributed by atoms with E-state index in [1.807, 2.05) is 0 Å². The molecule has 22 heavy (non-hydrogen) atoms. The third-order valence-electron chi connectivity index (χ3n) is 3.39. The molecule has 0 radical (unpaired) electrons. The van der Waals surface area contributed by atoms with Crippen LogP contribution in [0.4, 0.5) is 13.2 Å². The number of fused-ring (bicyclic) bond motifs is 1. The number of hydrogen-bond donors (Lipinski definition) is 0. The van der Waals surface area contributed by atoms with Crippen LogP contribution in [-0.4, -0.2) is 23.5 Å². The standard InChI is InChI=1S/C15H14BrF3O3/c1-13(2,3)22-12(21)14(15(17,18)19)7-8-6-9(16)4-5-10(8)11(14)20/h4-6H,7H2,1-3H3/t14-/m1/s1. The molecule has 0 saturated carbocycles. The number of benzene rings is 1. The first kappa shape index (κ1) is 17.0. The quantitative estimate of drug-likeness (QED) is 0.546. The topological polar surface area (TPSA) is 43.4 Å². The van der Waals surface area contributed by atoms with Crippen molar-refractivity contribution in [3.8, 4) is 0 Å². The van der Waals surface area contributed by atoms with Crippen LogP contribution in [0.15, 0.2) is 22.7 Å². The van der Waals surface area contributed by atoms with Gasteiger partial charge in [0.25, 0.3) is 0 Å². The average molecular weight is 379 g/mol. The molecule has 0 N–H and O–H groups in total. The van der Waals surface area contributed by atoms with E-state index >= 15 is 0 Å². The second-order valence-corrected chi connectivity index (χ2v) is 7.13. The molecule has 0 heterocycles. The van der Waals surface area contributed by atoms with Crippen molar-refractivity contribution in [2.45, 2.75) is 39.0 Å². The predicted molar refractivity (Wildman–Crippen MR) is 76.5 cm³/mol. The number of Topliss-reactive ketones (excluding diaryl/α,β-unsaturated/α-hetero) is 1. The number of esters is 1. The average Bonchev–Trinajstić information content (AvgIpc) is 2.60. The molecular weight excluding hydrogens is 365 g/mol. The zero-order valence-corrected chi connectivity index (χ0v) is 13.8. The van der Waals surface area contributed by atoms with Crippen molar-refractivity contribution < 1.29 is 27.5 Å². The Morgan fingerprint density at radius 2 is 1.86 bits per heavy atom. The van der Waals surface area contributed by atoms with Gasteiger partial charge >= 0.3 is 12.1 Å². The number of rotatable bonds is 1. The molecule has 3 nitrogen and oxygen atoms in total. The minimum absolute atomic E-state index is 0.0913. The Bertz CT molecular complexity index is 646. The van der Waals surface area contributed by atoms with E-state index in [0.29, 0.717) is 4.47 Å².